The summed E-state index contributed by atoms with van der Waals surface area (Å²) in [4.78, 5) is 12.7. The molecule has 0 unspecified atom stereocenters. The number of rotatable bonds is 8. The summed E-state index contributed by atoms with van der Waals surface area (Å²) in [6, 6.07) is 14.8. The third kappa shape index (κ3) is 4.51. The molecule has 2 aliphatic carbocycles. The van der Waals surface area contributed by atoms with Crippen LogP contribution >= 0.6 is 11.8 Å². The van der Waals surface area contributed by atoms with Gasteiger partial charge in [-0.3, -0.25) is 9.36 Å². The van der Waals surface area contributed by atoms with Crippen LogP contribution in [0.25, 0.3) is 17.1 Å². The van der Waals surface area contributed by atoms with E-state index in [1.165, 1.54) is 43.5 Å². The summed E-state index contributed by atoms with van der Waals surface area (Å²) in [5.41, 5.74) is 2.35. The summed E-state index contributed by atoms with van der Waals surface area (Å²) in [6.07, 6.45) is 4.90. The largest absolute Gasteiger partial charge is 0.352 e. The lowest BCUT2D eigenvalue weighted by atomic mass is 10.1. The molecule has 160 valence electrons. The van der Waals surface area contributed by atoms with Crippen molar-refractivity contribution in [3.8, 4) is 17.1 Å². The molecule has 0 saturated heterocycles. The van der Waals surface area contributed by atoms with E-state index in [4.69, 9.17) is 0 Å². The molecule has 0 atom stereocenters. The van der Waals surface area contributed by atoms with E-state index < -0.39 is 0 Å². The number of benzene rings is 2. The standard InChI is InChI=1S/C24H25FN4OS/c1-15-6-12-18(13-7-15)29-23(19-4-2-3-5-20(19)25)27-28-24(29)31-14-21(30)26-22(16-8-9-16)17-10-11-17/h2-7,12-13,16-17,22H,8-11,14H2,1H3,(H,26,30). The van der Waals surface area contributed by atoms with E-state index >= 15 is 0 Å². The summed E-state index contributed by atoms with van der Waals surface area (Å²) >= 11 is 1.34. The van der Waals surface area contributed by atoms with E-state index in [1.54, 1.807) is 18.2 Å². The zero-order valence-electron chi connectivity index (χ0n) is 17.4. The van der Waals surface area contributed by atoms with Crippen molar-refractivity contribution in [2.45, 2.75) is 43.8 Å². The highest BCUT2D eigenvalue weighted by atomic mass is 32.2. The zero-order chi connectivity index (χ0) is 21.4. The molecular weight excluding hydrogens is 411 g/mol. The summed E-state index contributed by atoms with van der Waals surface area (Å²) in [5.74, 6) is 1.68. The van der Waals surface area contributed by atoms with Crippen LogP contribution in [0.5, 0.6) is 0 Å². The topological polar surface area (TPSA) is 59.8 Å². The molecule has 2 fully saturated rings. The van der Waals surface area contributed by atoms with E-state index in [0.29, 0.717) is 34.4 Å². The molecule has 5 nitrogen and oxygen atoms in total. The molecule has 2 saturated carbocycles. The van der Waals surface area contributed by atoms with Gasteiger partial charge in [-0.05, 0) is 68.7 Å². The minimum absolute atomic E-state index is 0.0275. The number of thioether (sulfide) groups is 1. The lowest BCUT2D eigenvalue weighted by molar-refractivity contribution is -0.119. The number of hydrogen-bond donors (Lipinski definition) is 1. The van der Waals surface area contributed by atoms with E-state index in [9.17, 15) is 9.18 Å². The predicted molar refractivity (Wildman–Crippen MR) is 120 cm³/mol. The SMILES string of the molecule is Cc1ccc(-n2c(SCC(=O)NC(C3CC3)C3CC3)nnc2-c2ccccc2F)cc1. The van der Waals surface area contributed by atoms with Gasteiger partial charge in [-0.1, -0.05) is 41.6 Å². The second-order valence-electron chi connectivity index (χ2n) is 8.51. The number of carbonyl (C=O) groups excluding carboxylic acids is 1. The third-order valence-corrected chi connectivity index (χ3v) is 6.89. The van der Waals surface area contributed by atoms with Crippen LogP contribution in [0.1, 0.15) is 31.2 Å². The highest BCUT2D eigenvalue weighted by Crippen LogP contribution is 2.44. The van der Waals surface area contributed by atoms with Gasteiger partial charge in [0, 0.05) is 11.7 Å². The summed E-state index contributed by atoms with van der Waals surface area (Å²) in [6.45, 7) is 2.02. The van der Waals surface area contributed by atoms with E-state index in [1.807, 2.05) is 35.8 Å². The van der Waals surface area contributed by atoms with E-state index in [0.717, 1.165) is 11.3 Å². The highest BCUT2D eigenvalue weighted by molar-refractivity contribution is 7.99. The molecule has 0 spiro atoms. The van der Waals surface area contributed by atoms with Crippen molar-refractivity contribution < 1.29 is 9.18 Å². The molecule has 31 heavy (non-hydrogen) atoms. The number of amides is 1. The minimum atomic E-state index is -0.353. The Hall–Kier alpha value is -2.67. The van der Waals surface area contributed by atoms with Crippen molar-refractivity contribution in [3.63, 3.8) is 0 Å². The molecule has 1 heterocycles. The van der Waals surface area contributed by atoms with Crippen LogP contribution in [0.4, 0.5) is 4.39 Å². The molecule has 0 radical (unpaired) electrons. The number of halogens is 1. The molecule has 1 aromatic heterocycles. The maximum atomic E-state index is 14.5. The maximum Gasteiger partial charge on any atom is 0.230 e. The van der Waals surface area contributed by atoms with Gasteiger partial charge in [-0.2, -0.15) is 0 Å². The van der Waals surface area contributed by atoms with Crippen molar-refractivity contribution in [3.05, 3.63) is 59.9 Å². The van der Waals surface area contributed by atoms with Crippen molar-refractivity contribution in [2.75, 3.05) is 5.75 Å². The van der Waals surface area contributed by atoms with Crippen LogP contribution in [-0.2, 0) is 4.79 Å². The molecule has 2 aromatic carbocycles. The Morgan fingerprint density at radius 2 is 1.77 bits per heavy atom. The second-order valence-corrected chi connectivity index (χ2v) is 9.46. The van der Waals surface area contributed by atoms with Gasteiger partial charge < -0.3 is 5.32 Å². The Bertz CT molecular complexity index is 1080. The Morgan fingerprint density at radius 3 is 2.42 bits per heavy atom. The average molecular weight is 437 g/mol. The van der Waals surface area contributed by atoms with Crippen molar-refractivity contribution in [2.24, 2.45) is 11.8 Å². The first kappa shape index (κ1) is 20.2. The van der Waals surface area contributed by atoms with Gasteiger partial charge in [0.05, 0.1) is 11.3 Å². The Morgan fingerprint density at radius 1 is 1.10 bits per heavy atom. The molecular formula is C24H25FN4OS. The molecule has 1 amide bonds. The van der Waals surface area contributed by atoms with E-state index in [2.05, 4.69) is 15.5 Å². The lowest BCUT2D eigenvalue weighted by Crippen LogP contribution is -2.39. The fourth-order valence-electron chi connectivity index (χ4n) is 4.00. The number of aryl methyl sites for hydroxylation is 1. The molecule has 5 rings (SSSR count). The number of hydrogen-bond acceptors (Lipinski definition) is 4. The summed E-state index contributed by atoms with van der Waals surface area (Å²) in [7, 11) is 0. The monoisotopic (exact) mass is 436 g/mol. The fraction of sp³-hybridized carbons (Fsp3) is 0.375. The quantitative estimate of drug-likeness (QED) is 0.517. The van der Waals surface area contributed by atoms with Gasteiger partial charge in [0.1, 0.15) is 5.82 Å². The van der Waals surface area contributed by atoms with Crippen molar-refractivity contribution >= 4 is 17.7 Å². The van der Waals surface area contributed by atoms with Crippen LogP contribution in [-0.4, -0.2) is 32.5 Å². The van der Waals surface area contributed by atoms with Crippen molar-refractivity contribution in [1.29, 1.82) is 0 Å². The normalized spacial score (nSPS) is 16.0. The van der Waals surface area contributed by atoms with E-state index in [-0.39, 0.29) is 17.5 Å². The molecule has 1 N–H and O–H groups in total. The number of carbonyl (C=O) groups is 1. The number of nitrogens with one attached hydrogen (secondary N) is 1. The fourth-order valence-corrected chi connectivity index (χ4v) is 4.76. The van der Waals surface area contributed by atoms with Gasteiger partial charge in [0.25, 0.3) is 0 Å². The lowest BCUT2D eigenvalue weighted by Gasteiger charge is -2.17. The Kier molecular flexibility index (Phi) is 5.52. The molecule has 2 aliphatic rings. The molecule has 0 aliphatic heterocycles. The van der Waals surface area contributed by atoms with Gasteiger partial charge in [0.2, 0.25) is 5.91 Å². The van der Waals surface area contributed by atoms with Crippen LogP contribution in [0.15, 0.2) is 53.7 Å². The molecule has 0 bridgehead atoms. The van der Waals surface area contributed by atoms with Crippen LogP contribution in [0.3, 0.4) is 0 Å². The predicted octanol–water partition coefficient (Wildman–Crippen LogP) is 4.78. The maximum absolute atomic E-state index is 14.5. The van der Waals surface area contributed by atoms with Crippen LogP contribution in [0.2, 0.25) is 0 Å². The molecule has 3 aromatic rings. The minimum Gasteiger partial charge on any atom is -0.352 e. The van der Waals surface area contributed by atoms with Gasteiger partial charge >= 0.3 is 0 Å². The smallest absolute Gasteiger partial charge is 0.230 e. The second kappa shape index (κ2) is 8.46. The Labute approximate surface area is 185 Å². The van der Waals surface area contributed by atoms with Gasteiger partial charge in [-0.15, -0.1) is 10.2 Å². The first-order valence-electron chi connectivity index (χ1n) is 10.8. The average Bonchev–Trinajstić information content (AvgIpc) is 3.70. The number of nitrogens with zero attached hydrogens (tertiary/aromatic N) is 3. The third-order valence-electron chi connectivity index (χ3n) is 5.96. The summed E-state index contributed by atoms with van der Waals surface area (Å²) in [5, 5.41) is 12.4. The Balaban J connectivity index is 1.39. The van der Waals surface area contributed by atoms with Crippen LogP contribution in [0, 0.1) is 24.6 Å². The van der Waals surface area contributed by atoms with Crippen LogP contribution < -0.4 is 5.32 Å². The first-order valence-corrected chi connectivity index (χ1v) is 11.8. The number of aromatic nitrogens is 3. The summed E-state index contributed by atoms with van der Waals surface area (Å²) < 4.78 is 16.3. The first-order chi connectivity index (χ1) is 15.1. The van der Waals surface area contributed by atoms with Crippen molar-refractivity contribution in [1.82, 2.24) is 20.1 Å². The zero-order valence-corrected chi connectivity index (χ0v) is 18.2. The van der Waals surface area contributed by atoms with Gasteiger partial charge in [0.15, 0.2) is 11.0 Å². The van der Waals surface area contributed by atoms with Gasteiger partial charge in [-0.25, -0.2) is 4.39 Å². The molecule has 7 heteroatoms. The highest BCUT2D eigenvalue weighted by Gasteiger charge is 2.42.